The number of hydrogen-bond acceptors (Lipinski definition) is 8. The second-order valence-electron chi connectivity index (χ2n) is 8.44. The summed E-state index contributed by atoms with van der Waals surface area (Å²) in [5, 5.41) is 4.58. The summed E-state index contributed by atoms with van der Waals surface area (Å²) in [6, 6.07) is 19.1. The molecule has 5 rings (SSSR count). The van der Waals surface area contributed by atoms with Crippen LogP contribution in [0.25, 0.3) is 21.6 Å². The van der Waals surface area contributed by atoms with Crippen molar-refractivity contribution in [2.24, 2.45) is 0 Å². The summed E-state index contributed by atoms with van der Waals surface area (Å²) in [7, 11) is -2.45. The number of ether oxygens (including phenoxy) is 1. The van der Waals surface area contributed by atoms with E-state index in [0.717, 1.165) is 32.5 Å². The molecule has 0 fully saturated rings. The Kier molecular flexibility index (Phi) is 7.35. The lowest BCUT2D eigenvalue weighted by atomic mass is 10.2. The number of rotatable bonds is 9. The number of halogens is 1. The fraction of sp³-hybridized carbons (Fsp3) is 0.192. The number of aromatic nitrogens is 3. The van der Waals surface area contributed by atoms with E-state index in [0.29, 0.717) is 34.2 Å². The summed E-state index contributed by atoms with van der Waals surface area (Å²) in [5.41, 5.74) is 2.29. The maximum Gasteiger partial charge on any atom is 0.308 e. The lowest BCUT2D eigenvalue weighted by Gasteiger charge is -2.15. The van der Waals surface area contributed by atoms with E-state index < -0.39 is 10.0 Å². The number of nitrogens with zero attached hydrogens (tertiary/aromatic N) is 4. The van der Waals surface area contributed by atoms with Crippen LogP contribution < -0.4 is 9.61 Å². The second kappa shape index (κ2) is 10.7. The normalized spacial score (nSPS) is 11.9. The summed E-state index contributed by atoms with van der Waals surface area (Å²) >= 11 is 6.96. The van der Waals surface area contributed by atoms with Crippen LogP contribution in [0.2, 0.25) is 5.02 Å². The first kappa shape index (κ1) is 26.1. The third kappa shape index (κ3) is 5.37. The highest BCUT2D eigenvalue weighted by molar-refractivity contribution is 7.89. The van der Waals surface area contributed by atoms with Crippen LogP contribution in [-0.2, 0) is 23.1 Å². The zero-order valence-corrected chi connectivity index (χ0v) is 22.9. The molecule has 0 N–H and O–H groups in total. The van der Waals surface area contributed by atoms with Crippen molar-refractivity contribution >= 4 is 43.2 Å². The fourth-order valence-electron chi connectivity index (χ4n) is 3.89. The molecule has 9 nitrogen and oxygen atoms in total. The van der Waals surface area contributed by atoms with Crippen LogP contribution in [0.3, 0.4) is 0 Å². The lowest BCUT2D eigenvalue weighted by Crippen LogP contribution is -2.26. The van der Waals surface area contributed by atoms with Gasteiger partial charge in [0.2, 0.25) is 21.7 Å². The molecule has 0 aliphatic heterocycles. The van der Waals surface area contributed by atoms with E-state index in [1.165, 1.54) is 19.2 Å². The molecule has 0 saturated heterocycles. The summed E-state index contributed by atoms with van der Waals surface area (Å²) in [5.74, 6) is 1.23. The van der Waals surface area contributed by atoms with Crippen molar-refractivity contribution in [3.8, 4) is 17.1 Å². The molecule has 0 atom stereocenters. The van der Waals surface area contributed by atoms with E-state index in [9.17, 15) is 13.2 Å². The van der Waals surface area contributed by atoms with E-state index in [4.69, 9.17) is 20.9 Å². The van der Waals surface area contributed by atoms with E-state index in [1.54, 1.807) is 47.0 Å². The number of benzene rings is 3. The van der Waals surface area contributed by atoms with Crippen LogP contribution >= 0.6 is 22.9 Å². The standard InChI is InChI=1S/C26H23ClN4O5S2/c1-3-35-20-10-6-18(7-11-20)25-28-24(36-29-25)16-30(2)38(33,34)21-12-13-22-23(14-21)37-26(32)31(22)15-17-4-8-19(27)9-5-17/h4-14H,3,15-16H2,1-2H3. The van der Waals surface area contributed by atoms with Gasteiger partial charge in [-0.3, -0.25) is 9.36 Å². The van der Waals surface area contributed by atoms with Gasteiger partial charge in [0.25, 0.3) is 0 Å². The molecule has 0 amide bonds. The van der Waals surface area contributed by atoms with E-state index in [2.05, 4.69) is 10.1 Å². The molecule has 2 heterocycles. The maximum absolute atomic E-state index is 13.3. The quantitative estimate of drug-likeness (QED) is 0.244. The summed E-state index contributed by atoms with van der Waals surface area (Å²) < 4.78 is 40.7. The van der Waals surface area contributed by atoms with Gasteiger partial charge in [0.1, 0.15) is 5.75 Å². The van der Waals surface area contributed by atoms with E-state index in [-0.39, 0.29) is 22.2 Å². The molecule has 0 bridgehead atoms. The van der Waals surface area contributed by atoms with Gasteiger partial charge in [-0.05, 0) is 67.1 Å². The monoisotopic (exact) mass is 570 g/mol. The number of thiazole rings is 1. The molecule has 0 aliphatic carbocycles. The molecular formula is C26H23ClN4O5S2. The molecule has 196 valence electrons. The highest BCUT2D eigenvalue weighted by Gasteiger charge is 2.24. The smallest absolute Gasteiger partial charge is 0.308 e. The Morgan fingerprint density at radius 2 is 1.82 bits per heavy atom. The fourth-order valence-corrected chi connectivity index (χ4v) is 6.17. The van der Waals surface area contributed by atoms with Crippen molar-refractivity contribution < 1.29 is 17.7 Å². The third-order valence-corrected chi connectivity index (χ3v) is 8.84. The van der Waals surface area contributed by atoms with Gasteiger partial charge in [0.15, 0.2) is 0 Å². The van der Waals surface area contributed by atoms with Crippen LogP contribution in [0.4, 0.5) is 0 Å². The summed E-state index contributed by atoms with van der Waals surface area (Å²) in [4.78, 5) is 16.9. The maximum atomic E-state index is 13.3. The Morgan fingerprint density at radius 3 is 2.53 bits per heavy atom. The van der Waals surface area contributed by atoms with Gasteiger partial charge in [0.05, 0.1) is 34.8 Å². The van der Waals surface area contributed by atoms with Crippen LogP contribution in [0.1, 0.15) is 18.4 Å². The van der Waals surface area contributed by atoms with Crippen molar-refractivity contribution in [1.82, 2.24) is 19.0 Å². The molecule has 2 aromatic heterocycles. The Hall–Kier alpha value is -3.51. The third-order valence-electron chi connectivity index (χ3n) is 5.85. The zero-order chi connectivity index (χ0) is 26.9. The minimum absolute atomic E-state index is 0.0682. The van der Waals surface area contributed by atoms with Gasteiger partial charge in [0, 0.05) is 17.6 Å². The molecule has 12 heteroatoms. The largest absolute Gasteiger partial charge is 0.494 e. The van der Waals surface area contributed by atoms with Crippen LogP contribution in [0, 0.1) is 0 Å². The molecule has 0 unspecified atom stereocenters. The first-order chi connectivity index (χ1) is 18.2. The van der Waals surface area contributed by atoms with E-state index in [1.807, 2.05) is 19.1 Å². The van der Waals surface area contributed by atoms with Crippen molar-refractivity contribution in [2.45, 2.75) is 24.9 Å². The van der Waals surface area contributed by atoms with Crippen LogP contribution in [0.15, 0.2) is 80.9 Å². The molecule has 0 radical (unpaired) electrons. The highest BCUT2D eigenvalue weighted by Crippen LogP contribution is 2.26. The minimum atomic E-state index is -3.89. The highest BCUT2D eigenvalue weighted by atomic mass is 35.5. The van der Waals surface area contributed by atoms with Crippen molar-refractivity contribution in [1.29, 1.82) is 0 Å². The Labute approximate surface area is 227 Å². The summed E-state index contributed by atoms with van der Waals surface area (Å²) in [6.07, 6.45) is 0. The molecular weight excluding hydrogens is 548 g/mol. The summed E-state index contributed by atoms with van der Waals surface area (Å²) in [6.45, 7) is 2.71. The topological polar surface area (TPSA) is 108 Å². The molecule has 5 aromatic rings. The molecule has 0 saturated carbocycles. The van der Waals surface area contributed by atoms with Crippen LogP contribution in [-0.4, -0.2) is 41.1 Å². The van der Waals surface area contributed by atoms with Crippen molar-refractivity contribution in [3.05, 3.63) is 92.9 Å². The SMILES string of the molecule is CCOc1ccc(-c2noc(CN(C)S(=O)(=O)c3ccc4c(c3)sc(=O)n4Cc3ccc(Cl)cc3)n2)cc1. The van der Waals surface area contributed by atoms with Gasteiger partial charge in [-0.15, -0.1) is 0 Å². The van der Waals surface area contributed by atoms with Crippen molar-refractivity contribution in [2.75, 3.05) is 13.7 Å². The van der Waals surface area contributed by atoms with Gasteiger partial charge in [-0.2, -0.15) is 9.29 Å². The van der Waals surface area contributed by atoms with Gasteiger partial charge in [-0.1, -0.05) is 40.2 Å². The number of hydrogen-bond donors (Lipinski definition) is 0. The average Bonchev–Trinajstić information content (AvgIpc) is 3.49. The Balaban J connectivity index is 1.34. The average molecular weight is 571 g/mol. The second-order valence-corrected chi connectivity index (χ2v) is 11.9. The van der Waals surface area contributed by atoms with Gasteiger partial charge >= 0.3 is 4.87 Å². The zero-order valence-electron chi connectivity index (χ0n) is 20.5. The van der Waals surface area contributed by atoms with Crippen molar-refractivity contribution in [3.63, 3.8) is 0 Å². The molecule has 38 heavy (non-hydrogen) atoms. The first-order valence-corrected chi connectivity index (χ1v) is 14.3. The molecule has 3 aromatic carbocycles. The first-order valence-electron chi connectivity index (χ1n) is 11.6. The Bertz CT molecular complexity index is 1740. The predicted molar refractivity (Wildman–Crippen MR) is 146 cm³/mol. The molecule has 0 aliphatic rings. The number of sulfonamides is 1. The van der Waals surface area contributed by atoms with E-state index >= 15 is 0 Å². The Morgan fingerprint density at radius 1 is 1.08 bits per heavy atom. The molecule has 0 spiro atoms. The van der Waals surface area contributed by atoms with Crippen LogP contribution in [0.5, 0.6) is 5.75 Å². The number of fused-ring (bicyclic) bond motifs is 1. The van der Waals surface area contributed by atoms with Gasteiger partial charge in [-0.25, -0.2) is 8.42 Å². The minimum Gasteiger partial charge on any atom is -0.494 e. The lowest BCUT2D eigenvalue weighted by molar-refractivity contribution is 0.336. The van der Waals surface area contributed by atoms with Gasteiger partial charge < -0.3 is 9.26 Å². The predicted octanol–water partition coefficient (Wildman–Crippen LogP) is 5.03.